The predicted octanol–water partition coefficient (Wildman–Crippen LogP) is 3.80. The molecule has 28 heavy (non-hydrogen) atoms. The van der Waals surface area contributed by atoms with Crippen LogP contribution in [0.1, 0.15) is 25.8 Å². The van der Waals surface area contributed by atoms with E-state index < -0.39 is 0 Å². The number of para-hydroxylation sites is 2. The van der Waals surface area contributed by atoms with Crippen molar-refractivity contribution >= 4 is 23.4 Å². The van der Waals surface area contributed by atoms with Gasteiger partial charge in [-0.3, -0.25) is 14.3 Å². The third-order valence-electron chi connectivity index (χ3n) is 4.29. The Hall–Kier alpha value is -2.87. The van der Waals surface area contributed by atoms with Crippen LogP contribution in [-0.4, -0.2) is 38.0 Å². The fourth-order valence-corrected chi connectivity index (χ4v) is 3.70. The van der Waals surface area contributed by atoms with Gasteiger partial charge in [-0.15, -0.1) is 10.2 Å². The molecule has 0 spiro atoms. The van der Waals surface area contributed by atoms with Crippen LogP contribution in [0.25, 0.3) is 11.4 Å². The van der Waals surface area contributed by atoms with Gasteiger partial charge in [-0.05, 0) is 44.0 Å². The second-order valence-electron chi connectivity index (χ2n) is 6.42. The second-order valence-corrected chi connectivity index (χ2v) is 7.36. The molecule has 8 heteroatoms. The highest BCUT2D eigenvalue weighted by molar-refractivity contribution is 7.99. The first-order valence-corrected chi connectivity index (χ1v) is 10.2. The quantitative estimate of drug-likeness (QED) is 0.584. The summed E-state index contributed by atoms with van der Waals surface area (Å²) in [4.78, 5) is 16.6. The van der Waals surface area contributed by atoms with Gasteiger partial charge in [0, 0.05) is 24.0 Å². The topological polar surface area (TPSA) is 81.9 Å². The number of pyridine rings is 1. The van der Waals surface area contributed by atoms with Crippen LogP contribution in [0.4, 0.5) is 5.69 Å². The van der Waals surface area contributed by atoms with Crippen molar-refractivity contribution in [2.45, 2.75) is 31.0 Å². The Kier molecular flexibility index (Phi) is 5.57. The molecule has 2 heterocycles. The summed E-state index contributed by atoms with van der Waals surface area (Å²) in [5.41, 5.74) is 1.61. The molecular formula is C20H21N5O2S. The van der Waals surface area contributed by atoms with E-state index in [1.807, 2.05) is 43.3 Å². The minimum absolute atomic E-state index is 0.106. The van der Waals surface area contributed by atoms with Crippen LogP contribution in [0.3, 0.4) is 0 Å². The maximum Gasteiger partial charge on any atom is 0.234 e. The predicted molar refractivity (Wildman–Crippen MR) is 108 cm³/mol. The van der Waals surface area contributed by atoms with Gasteiger partial charge in [0.1, 0.15) is 5.75 Å². The number of thioether (sulfide) groups is 1. The van der Waals surface area contributed by atoms with Crippen LogP contribution in [0, 0.1) is 0 Å². The molecule has 4 rings (SSSR count). The maximum atomic E-state index is 12.5. The largest absolute Gasteiger partial charge is 0.492 e. The number of hydrogen-bond donors (Lipinski definition) is 1. The van der Waals surface area contributed by atoms with Crippen LogP contribution in [-0.2, 0) is 4.79 Å². The monoisotopic (exact) mass is 395 g/mol. The third-order valence-corrected chi connectivity index (χ3v) is 5.23. The summed E-state index contributed by atoms with van der Waals surface area (Å²) < 4.78 is 7.69. The zero-order valence-corrected chi connectivity index (χ0v) is 16.4. The van der Waals surface area contributed by atoms with Crippen molar-refractivity contribution in [1.82, 2.24) is 19.7 Å². The molecule has 1 N–H and O–H groups in total. The van der Waals surface area contributed by atoms with Gasteiger partial charge >= 0.3 is 0 Å². The lowest BCUT2D eigenvalue weighted by Gasteiger charge is -2.11. The van der Waals surface area contributed by atoms with Crippen LogP contribution >= 0.6 is 11.8 Å². The molecule has 0 saturated heterocycles. The molecular weight excluding hydrogens is 374 g/mol. The molecule has 1 aromatic carbocycles. The molecule has 1 saturated carbocycles. The third kappa shape index (κ3) is 4.17. The highest BCUT2D eigenvalue weighted by atomic mass is 32.2. The van der Waals surface area contributed by atoms with Gasteiger partial charge in [-0.25, -0.2) is 0 Å². The number of carbonyl (C=O) groups excluding carboxylic acids is 1. The number of anilines is 1. The van der Waals surface area contributed by atoms with E-state index in [9.17, 15) is 4.79 Å². The van der Waals surface area contributed by atoms with Crippen molar-refractivity contribution in [2.75, 3.05) is 17.7 Å². The molecule has 0 atom stereocenters. The van der Waals surface area contributed by atoms with E-state index in [2.05, 4.69) is 25.1 Å². The first-order chi connectivity index (χ1) is 13.8. The number of aromatic nitrogens is 4. The highest BCUT2D eigenvalue weighted by Gasteiger charge is 2.30. The van der Waals surface area contributed by atoms with Crippen LogP contribution in [0.2, 0.25) is 0 Å². The SMILES string of the molecule is CCOc1ccccc1NC(=O)CSc1nnc(-c2cccnc2)n1C1CC1. The molecule has 1 aliphatic rings. The molecule has 1 fully saturated rings. The lowest BCUT2D eigenvalue weighted by Crippen LogP contribution is -2.15. The van der Waals surface area contributed by atoms with E-state index in [1.165, 1.54) is 11.8 Å². The van der Waals surface area contributed by atoms with Crippen molar-refractivity contribution in [3.63, 3.8) is 0 Å². The summed E-state index contributed by atoms with van der Waals surface area (Å²) in [5.74, 6) is 1.62. The van der Waals surface area contributed by atoms with Crippen molar-refractivity contribution in [3.8, 4) is 17.1 Å². The Morgan fingerprint density at radius 3 is 2.86 bits per heavy atom. The van der Waals surface area contributed by atoms with Gasteiger partial charge in [0.15, 0.2) is 11.0 Å². The van der Waals surface area contributed by atoms with Gasteiger partial charge in [0.05, 0.1) is 18.0 Å². The lowest BCUT2D eigenvalue weighted by molar-refractivity contribution is -0.113. The summed E-state index contributed by atoms with van der Waals surface area (Å²) in [5, 5.41) is 12.3. The molecule has 144 valence electrons. The summed E-state index contributed by atoms with van der Waals surface area (Å²) in [6.07, 6.45) is 5.73. The normalized spacial score (nSPS) is 13.3. The van der Waals surface area contributed by atoms with E-state index in [-0.39, 0.29) is 11.7 Å². The Morgan fingerprint density at radius 2 is 2.11 bits per heavy atom. The zero-order chi connectivity index (χ0) is 19.3. The van der Waals surface area contributed by atoms with E-state index in [4.69, 9.17) is 4.74 Å². The standard InChI is InChI=1S/C20H21N5O2S/c1-2-27-17-8-4-3-7-16(17)22-18(26)13-28-20-24-23-19(25(20)15-9-10-15)14-6-5-11-21-12-14/h3-8,11-12,15H,2,9-10,13H2,1H3,(H,22,26). The first kappa shape index (κ1) is 18.5. The van der Waals surface area contributed by atoms with E-state index >= 15 is 0 Å². The van der Waals surface area contributed by atoms with Crippen molar-refractivity contribution in [1.29, 1.82) is 0 Å². The Morgan fingerprint density at radius 1 is 1.25 bits per heavy atom. The van der Waals surface area contributed by atoms with E-state index in [1.54, 1.807) is 12.4 Å². The van der Waals surface area contributed by atoms with E-state index in [0.29, 0.717) is 24.1 Å². The Balaban J connectivity index is 1.46. The zero-order valence-electron chi connectivity index (χ0n) is 15.5. The van der Waals surface area contributed by atoms with E-state index in [0.717, 1.165) is 29.4 Å². The fraction of sp³-hybridized carbons (Fsp3) is 0.300. The molecule has 2 aromatic heterocycles. The van der Waals surface area contributed by atoms with Gasteiger partial charge in [-0.2, -0.15) is 0 Å². The summed E-state index contributed by atoms with van der Waals surface area (Å²) in [6, 6.07) is 11.7. The number of ether oxygens (including phenoxy) is 1. The molecule has 7 nitrogen and oxygen atoms in total. The molecule has 0 aliphatic heterocycles. The summed E-state index contributed by atoms with van der Waals surface area (Å²) in [6.45, 7) is 2.46. The minimum atomic E-state index is -0.106. The fourth-order valence-electron chi connectivity index (χ4n) is 2.90. The first-order valence-electron chi connectivity index (χ1n) is 9.26. The maximum absolute atomic E-state index is 12.5. The highest BCUT2D eigenvalue weighted by Crippen LogP contribution is 2.41. The molecule has 0 radical (unpaired) electrons. The number of nitrogens with zero attached hydrogens (tertiary/aromatic N) is 4. The van der Waals surface area contributed by atoms with Gasteiger partial charge < -0.3 is 10.1 Å². The van der Waals surface area contributed by atoms with Crippen LogP contribution in [0.15, 0.2) is 53.9 Å². The number of rotatable bonds is 8. The van der Waals surface area contributed by atoms with Crippen molar-refractivity contribution in [3.05, 3.63) is 48.8 Å². The number of nitrogens with one attached hydrogen (secondary N) is 1. The summed E-state index contributed by atoms with van der Waals surface area (Å²) >= 11 is 1.39. The molecule has 3 aromatic rings. The number of amides is 1. The Bertz CT molecular complexity index is 956. The lowest BCUT2D eigenvalue weighted by atomic mass is 10.3. The van der Waals surface area contributed by atoms with Crippen LogP contribution in [0.5, 0.6) is 5.75 Å². The smallest absolute Gasteiger partial charge is 0.234 e. The van der Waals surface area contributed by atoms with Gasteiger partial charge in [0.2, 0.25) is 5.91 Å². The van der Waals surface area contributed by atoms with Gasteiger partial charge in [-0.1, -0.05) is 23.9 Å². The van der Waals surface area contributed by atoms with Gasteiger partial charge in [0.25, 0.3) is 0 Å². The average molecular weight is 395 g/mol. The minimum Gasteiger partial charge on any atom is -0.492 e. The molecule has 1 amide bonds. The number of hydrogen-bond acceptors (Lipinski definition) is 6. The molecule has 0 unspecified atom stereocenters. The summed E-state index contributed by atoms with van der Waals surface area (Å²) in [7, 11) is 0. The number of benzene rings is 1. The number of carbonyl (C=O) groups is 1. The average Bonchev–Trinajstić information content (AvgIpc) is 3.47. The molecule has 0 bridgehead atoms. The Labute approximate surface area is 167 Å². The van der Waals surface area contributed by atoms with Crippen molar-refractivity contribution in [2.24, 2.45) is 0 Å². The molecule has 1 aliphatic carbocycles. The second kappa shape index (κ2) is 8.43. The van der Waals surface area contributed by atoms with Crippen molar-refractivity contribution < 1.29 is 9.53 Å². The van der Waals surface area contributed by atoms with Crippen LogP contribution < -0.4 is 10.1 Å².